The quantitative estimate of drug-likeness (QED) is 0.540. The fraction of sp³-hybridized carbons (Fsp3) is 0.812. The van der Waals surface area contributed by atoms with Crippen molar-refractivity contribution in [2.45, 2.75) is 46.1 Å². The number of fused-ring (bicyclic) bond motifs is 3. The zero-order chi connectivity index (χ0) is 13.8. The molecule has 3 aliphatic rings. The van der Waals surface area contributed by atoms with Crippen LogP contribution in [0.2, 0.25) is 0 Å². The summed E-state index contributed by atoms with van der Waals surface area (Å²) in [4.78, 5) is 12.4. The number of cyclic esters (lactones) is 1. The van der Waals surface area contributed by atoms with Gasteiger partial charge in [0.2, 0.25) is 0 Å². The maximum Gasteiger partial charge on any atom is 0.312 e. The molecule has 0 aromatic rings. The Morgan fingerprint density at radius 1 is 1.37 bits per heavy atom. The van der Waals surface area contributed by atoms with Crippen LogP contribution in [0.4, 0.5) is 0 Å². The predicted molar refractivity (Wildman–Crippen MR) is 72.3 cm³/mol. The van der Waals surface area contributed by atoms with E-state index in [1.807, 2.05) is 0 Å². The molecule has 2 fully saturated rings. The molecule has 0 unspecified atom stereocenters. The summed E-state index contributed by atoms with van der Waals surface area (Å²) in [5.41, 5.74) is 0.844. The van der Waals surface area contributed by atoms with Crippen molar-refractivity contribution in [2.24, 2.45) is 29.1 Å². The van der Waals surface area contributed by atoms with Gasteiger partial charge in [0.25, 0.3) is 0 Å². The van der Waals surface area contributed by atoms with E-state index >= 15 is 0 Å². The van der Waals surface area contributed by atoms with Crippen LogP contribution in [0.5, 0.6) is 0 Å². The second-order valence-electron chi connectivity index (χ2n) is 6.90. The first-order chi connectivity index (χ1) is 8.96. The van der Waals surface area contributed by atoms with Crippen LogP contribution in [0.3, 0.4) is 0 Å². The summed E-state index contributed by atoms with van der Waals surface area (Å²) in [7, 11) is 0. The molecule has 0 radical (unpaired) electrons. The molecule has 3 rings (SSSR count). The van der Waals surface area contributed by atoms with E-state index in [4.69, 9.17) is 4.74 Å². The van der Waals surface area contributed by atoms with Crippen molar-refractivity contribution >= 4 is 5.97 Å². The smallest absolute Gasteiger partial charge is 0.312 e. The lowest BCUT2D eigenvalue weighted by molar-refractivity contribution is -0.178. The van der Waals surface area contributed by atoms with Gasteiger partial charge in [0.05, 0.1) is 18.1 Å². The summed E-state index contributed by atoms with van der Waals surface area (Å²) < 4.78 is 5.36. The summed E-state index contributed by atoms with van der Waals surface area (Å²) in [6.45, 7) is 6.83. The van der Waals surface area contributed by atoms with E-state index in [2.05, 4.69) is 26.8 Å². The van der Waals surface area contributed by atoms with E-state index in [1.165, 1.54) is 5.57 Å². The summed E-state index contributed by atoms with van der Waals surface area (Å²) in [5.74, 6) is 0.935. The first kappa shape index (κ1) is 13.2. The molecule has 1 saturated carbocycles. The standard InChI is InChI=1S/C16H24O3/c1-9-4-5-13-11(14(9)17)8-10(2)12-6-7-19-15(18)16(12,13)3/h8-9,11-14,17H,4-7H2,1-3H3/t9-,11+,12-,13-,14+,16-/m0/s1. The first-order valence-corrected chi connectivity index (χ1v) is 7.50. The van der Waals surface area contributed by atoms with Crippen molar-refractivity contribution in [3.63, 3.8) is 0 Å². The monoisotopic (exact) mass is 264 g/mol. The Labute approximate surface area is 115 Å². The van der Waals surface area contributed by atoms with Gasteiger partial charge in [-0.05, 0) is 50.9 Å². The average molecular weight is 264 g/mol. The molecule has 6 atom stereocenters. The summed E-state index contributed by atoms with van der Waals surface area (Å²) >= 11 is 0. The number of allylic oxidation sites excluding steroid dienone is 1. The second kappa shape index (κ2) is 4.34. The molecule has 0 aromatic carbocycles. The van der Waals surface area contributed by atoms with Crippen LogP contribution in [0.25, 0.3) is 0 Å². The van der Waals surface area contributed by atoms with Crippen LogP contribution >= 0.6 is 0 Å². The Balaban J connectivity index is 2.05. The van der Waals surface area contributed by atoms with Crippen molar-refractivity contribution in [3.05, 3.63) is 11.6 Å². The third-order valence-corrected chi connectivity index (χ3v) is 5.95. The van der Waals surface area contributed by atoms with Gasteiger partial charge in [-0.1, -0.05) is 18.6 Å². The molecular formula is C16H24O3. The van der Waals surface area contributed by atoms with Gasteiger partial charge in [0.15, 0.2) is 0 Å². The lowest BCUT2D eigenvalue weighted by Gasteiger charge is -2.54. The first-order valence-electron chi connectivity index (χ1n) is 7.50. The van der Waals surface area contributed by atoms with Gasteiger partial charge >= 0.3 is 5.97 Å². The number of carbonyl (C=O) groups is 1. The molecule has 1 N–H and O–H groups in total. The van der Waals surface area contributed by atoms with E-state index in [9.17, 15) is 9.90 Å². The summed E-state index contributed by atoms with van der Waals surface area (Å²) in [6.07, 6.45) is 4.89. The van der Waals surface area contributed by atoms with E-state index in [0.29, 0.717) is 18.4 Å². The molecule has 3 heteroatoms. The molecule has 0 bridgehead atoms. The molecule has 0 amide bonds. The zero-order valence-electron chi connectivity index (χ0n) is 12.1. The maximum absolute atomic E-state index is 12.4. The molecular weight excluding hydrogens is 240 g/mol. The molecule has 1 heterocycles. The summed E-state index contributed by atoms with van der Waals surface area (Å²) in [6, 6.07) is 0. The highest BCUT2D eigenvalue weighted by molar-refractivity contribution is 5.79. The molecule has 2 aliphatic carbocycles. The summed E-state index contributed by atoms with van der Waals surface area (Å²) in [5, 5.41) is 10.5. The van der Waals surface area contributed by atoms with Crippen molar-refractivity contribution in [1.29, 1.82) is 0 Å². The van der Waals surface area contributed by atoms with Crippen molar-refractivity contribution in [1.82, 2.24) is 0 Å². The Bertz CT molecular complexity index is 428. The number of aliphatic hydroxyl groups is 1. The second-order valence-corrected chi connectivity index (χ2v) is 6.90. The zero-order valence-corrected chi connectivity index (χ0v) is 12.1. The Kier molecular flexibility index (Phi) is 3.01. The lowest BCUT2D eigenvalue weighted by Crippen LogP contribution is -2.56. The Morgan fingerprint density at radius 3 is 2.84 bits per heavy atom. The number of ether oxygens (including phenoxy) is 1. The number of aliphatic hydroxyl groups excluding tert-OH is 1. The van der Waals surface area contributed by atoms with Gasteiger partial charge in [0.1, 0.15) is 0 Å². The number of hydrogen-bond donors (Lipinski definition) is 1. The predicted octanol–water partition coefficient (Wildman–Crippen LogP) is 2.54. The van der Waals surface area contributed by atoms with E-state index < -0.39 is 5.41 Å². The van der Waals surface area contributed by atoms with Gasteiger partial charge in [-0.15, -0.1) is 0 Å². The van der Waals surface area contributed by atoms with E-state index in [1.54, 1.807) is 0 Å². The Hall–Kier alpha value is -0.830. The van der Waals surface area contributed by atoms with Crippen LogP contribution < -0.4 is 0 Å². The molecule has 19 heavy (non-hydrogen) atoms. The van der Waals surface area contributed by atoms with Crippen molar-refractivity contribution in [2.75, 3.05) is 6.61 Å². The van der Waals surface area contributed by atoms with Gasteiger partial charge < -0.3 is 9.84 Å². The number of carbonyl (C=O) groups excluding carboxylic acids is 1. The third kappa shape index (κ3) is 1.70. The van der Waals surface area contributed by atoms with Crippen LogP contribution in [0, 0.1) is 29.1 Å². The van der Waals surface area contributed by atoms with Gasteiger partial charge in [-0.3, -0.25) is 4.79 Å². The van der Waals surface area contributed by atoms with Gasteiger partial charge in [-0.25, -0.2) is 0 Å². The van der Waals surface area contributed by atoms with Crippen LogP contribution in [-0.2, 0) is 9.53 Å². The molecule has 0 aromatic heterocycles. The minimum atomic E-state index is -0.428. The van der Waals surface area contributed by atoms with Crippen LogP contribution in [0.1, 0.15) is 40.0 Å². The van der Waals surface area contributed by atoms with E-state index in [0.717, 1.165) is 19.3 Å². The molecule has 0 spiro atoms. The Morgan fingerprint density at radius 2 is 2.11 bits per heavy atom. The molecule has 1 saturated heterocycles. The topological polar surface area (TPSA) is 46.5 Å². The highest BCUT2D eigenvalue weighted by atomic mass is 16.5. The lowest BCUT2D eigenvalue weighted by atomic mass is 9.52. The molecule has 3 nitrogen and oxygen atoms in total. The molecule has 1 aliphatic heterocycles. The van der Waals surface area contributed by atoms with E-state index in [-0.39, 0.29) is 23.9 Å². The number of rotatable bonds is 0. The van der Waals surface area contributed by atoms with Gasteiger partial charge in [0, 0.05) is 5.92 Å². The fourth-order valence-corrected chi connectivity index (χ4v) is 4.73. The normalized spacial score (nSPS) is 49.8. The molecule has 106 valence electrons. The largest absolute Gasteiger partial charge is 0.465 e. The number of esters is 1. The number of hydrogen-bond acceptors (Lipinski definition) is 3. The minimum absolute atomic E-state index is 0.0482. The highest BCUT2D eigenvalue weighted by Gasteiger charge is 2.57. The SMILES string of the molecule is CC1=C[C@H]2[C@H](O)[C@@H](C)CC[C@@H]2[C@@]2(C)C(=O)OCC[C@@H]12. The minimum Gasteiger partial charge on any atom is -0.465 e. The average Bonchev–Trinajstić information content (AvgIpc) is 2.37. The maximum atomic E-state index is 12.4. The van der Waals surface area contributed by atoms with Crippen molar-refractivity contribution < 1.29 is 14.6 Å². The third-order valence-electron chi connectivity index (χ3n) is 5.95. The van der Waals surface area contributed by atoms with Crippen LogP contribution in [0.15, 0.2) is 11.6 Å². The van der Waals surface area contributed by atoms with Gasteiger partial charge in [-0.2, -0.15) is 0 Å². The highest BCUT2D eigenvalue weighted by Crippen LogP contribution is 2.56. The van der Waals surface area contributed by atoms with Crippen LogP contribution in [-0.4, -0.2) is 23.8 Å². The fourth-order valence-electron chi connectivity index (χ4n) is 4.73. The van der Waals surface area contributed by atoms with Crippen molar-refractivity contribution in [3.8, 4) is 0 Å².